The van der Waals surface area contributed by atoms with Gasteiger partial charge in [-0.25, -0.2) is 0 Å². The van der Waals surface area contributed by atoms with Crippen molar-refractivity contribution in [3.8, 4) is 0 Å². The van der Waals surface area contributed by atoms with Crippen molar-refractivity contribution < 1.29 is 4.79 Å². The molecule has 0 aliphatic heterocycles. The first-order chi connectivity index (χ1) is 4.72. The van der Waals surface area contributed by atoms with Crippen molar-refractivity contribution in [1.29, 1.82) is 0 Å². The number of rotatable bonds is 1. The third kappa shape index (κ3) is 1.39. The van der Waals surface area contributed by atoms with E-state index in [-0.39, 0.29) is 11.2 Å². The quantitative estimate of drug-likeness (QED) is 0.581. The number of halogens is 1. The maximum absolute atomic E-state index is 10.6. The van der Waals surface area contributed by atoms with Crippen LogP contribution in [0.5, 0.6) is 0 Å². The van der Waals surface area contributed by atoms with Crippen LogP contribution in [0.2, 0.25) is 0 Å². The van der Waals surface area contributed by atoms with Crippen molar-refractivity contribution in [3.05, 3.63) is 23.9 Å². The van der Waals surface area contributed by atoms with Crippen LogP contribution in [-0.2, 0) is 4.79 Å². The van der Waals surface area contributed by atoms with Gasteiger partial charge in [0.1, 0.15) is 0 Å². The van der Waals surface area contributed by atoms with Gasteiger partial charge in [0.05, 0.1) is 5.92 Å². The predicted octanol–water partition coefficient (Wildman–Crippen LogP) is 1.17. The Kier molecular flexibility index (Phi) is 2.12. The molecule has 1 unspecified atom stereocenters. The average molecular weight is 158 g/mol. The maximum atomic E-state index is 10.6. The molecule has 3 heteroatoms. The normalized spacial score (nSPS) is 24.1. The molecule has 10 heavy (non-hydrogen) atoms. The predicted molar refractivity (Wildman–Crippen MR) is 40.4 cm³/mol. The van der Waals surface area contributed by atoms with Crippen molar-refractivity contribution in [3.63, 3.8) is 0 Å². The second kappa shape index (κ2) is 2.88. The van der Waals surface area contributed by atoms with E-state index >= 15 is 0 Å². The fraction of sp³-hybridized carbons (Fsp3) is 0.286. The molecule has 0 bridgehead atoms. The standard InChI is InChI=1S/C7H8ClNO/c8-7(10)5-3-1-2-4-6(5)9/h1-2,4-5H,3,9H2. The molecule has 0 aromatic carbocycles. The Morgan fingerprint density at radius 1 is 1.80 bits per heavy atom. The fourth-order valence-corrected chi connectivity index (χ4v) is 1.08. The van der Waals surface area contributed by atoms with Crippen molar-refractivity contribution in [2.75, 3.05) is 0 Å². The monoisotopic (exact) mass is 157 g/mol. The van der Waals surface area contributed by atoms with Crippen LogP contribution in [0.25, 0.3) is 0 Å². The molecular weight excluding hydrogens is 150 g/mol. The third-order valence-corrected chi connectivity index (χ3v) is 1.74. The molecule has 0 spiro atoms. The Balaban J connectivity index is 2.73. The van der Waals surface area contributed by atoms with Gasteiger partial charge in [-0.1, -0.05) is 12.2 Å². The van der Waals surface area contributed by atoms with Crippen LogP contribution in [0.15, 0.2) is 23.9 Å². The lowest BCUT2D eigenvalue weighted by atomic mass is 9.99. The molecule has 0 aromatic rings. The highest BCUT2D eigenvalue weighted by atomic mass is 35.5. The molecule has 0 saturated carbocycles. The van der Waals surface area contributed by atoms with E-state index in [1.54, 1.807) is 6.08 Å². The number of hydrogen-bond acceptors (Lipinski definition) is 2. The zero-order chi connectivity index (χ0) is 7.56. The largest absolute Gasteiger partial charge is 0.401 e. The summed E-state index contributed by atoms with van der Waals surface area (Å²) in [7, 11) is 0. The van der Waals surface area contributed by atoms with Gasteiger partial charge in [-0.2, -0.15) is 0 Å². The van der Waals surface area contributed by atoms with Crippen LogP contribution in [0, 0.1) is 5.92 Å². The lowest BCUT2D eigenvalue weighted by Gasteiger charge is -2.12. The maximum Gasteiger partial charge on any atom is 0.230 e. The van der Waals surface area contributed by atoms with E-state index in [9.17, 15) is 4.79 Å². The van der Waals surface area contributed by atoms with Crippen LogP contribution >= 0.6 is 11.6 Å². The Bertz CT molecular complexity index is 208. The second-order valence-corrected chi connectivity index (χ2v) is 2.56. The molecule has 0 amide bonds. The summed E-state index contributed by atoms with van der Waals surface area (Å²) in [6.45, 7) is 0. The molecule has 1 atom stereocenters. The SMILES string of the molecule is NC1=CC=CCC1C(=O)Cl. The van der Waals surface area contributed by atoms with Gasteiger partial charge >= 0.3 is 0 Å². The lowest BCUT2D eigenvalue weighted by molar-refractivity contribution is -0.114. The van der Waals surface area contributed by atoms with Crippen molar-refractivity contribution in [2.24, 2.45) is 11.7 Å². The Morgan fingerprint density at radius 3 is 2.90 bits per heavy atom. The van der Waals surface area contributed by atoms with Gasteiger partial charge in [0, 0.05) is 5.70 Å². The number of allylic oxidation sites excluding steroid dienone is 4. The second-order valence-electron chi connectivity index (χ2n) is 2.19. The molecule has 0 saturated heterocycles. The highest BCUT2D eigenvalue weighted by molar-refractivity contribution is 6.64. The Labute approximate surface area is 64.3 Å². The molecule has 0 radical (unpaired) electrons. The summed E-state index contributed by atoms with van der Waals surface area (Å²) < 4.78 is 0. The van der Waals surface area contributed by atoms with Gasteiger partial charge in [0.2, 0.25) is 5.24 Å². The van der Waals surface area contributed by atoms with E-state index < -0.39 is 0 Å². The van der Waals surface area contributed by atoms with Crippen LogP contribution in [0.3, 0.4) is 0 Å². The molecule has 2 N–H and O–H groups in total. The number of carbonyl (C=O) groups is 1. The highest BCUT2D eigenvalue weighted by Crippen LogP contribution is 2.18. The summed E-state index contributed by atoms with van der Waals surface area (Å²) in [5.74, 6) is -0.299. The van der Waals surface area contributed by atoms with Gasteiger partial charge in [0.25, 0.3) is 0 Å². The zero-order valence-electron chi connectivity index (χ0n) is 5.38. The smallest absolute Gasteiger partial charge is 0.230 e. The van der Waals surface area contributed by atoms with E-state index in [0.29, 0.717) is 12.1 Å². The van der Waals surface area contributed by atoms with E-state index in [0.717, 1.165) is 0 Å². The first-order valence-corrected chi connectivity index (χ1v) is 3.41. The summed E-state index contributed by atoms with van der Waals surface area (Å²) in [6, 6.07) is 0. The lowest BCUT2D eigenvalue weighted by Crippen LogP contribution is -2.18. The van der Waals surface area contributed by atoms with Crippen LogP contribution in [-0.4, -0.2) is 5.24 Å². The molecule has 1 aliphatic rings. The van der Waals surface area contributed by atoms with E-state index in [1.165, 1.54) is 0 Å². The van der Waals surface area contributed by atoms with Gasteiger partial charge < -0.3 is 5.73 Å². The van der Waals surface area contributed by atoms with Crippen LogP contribution < -0.4 is 5.73 Å². The van der Waals surface area contributed by atoms with Crippen LogP contribution in [0.1, 0.15) is 6.42 Å². The number of carbonyl (C=O) groups excluding carboxylic acids is 1. The zero-order valence-corrected chi connectivity index (χ0v) is 6.14. The minimum atomic E-state index is -0.377. The first-order valence-electron chi connectivity index (χ1n) is 3.03. The third-order valence-electron chi connectivity index (χ3n) is 1.47. The molecule has 2 nitrogen and oxygen atoms in total. The minimum absolute atomic E-state index is 0.299. The Morgan fingerprint density at radius 2 is 2.50 bits per heavy atom. The summed E-state index contributed by atoms with van der Waals surface area (Å²) >= 11 is 5.26. The van der Waals surface area contributed by atoms with Gasteiger partial charge in [-0.3, -0.25) is 4.79 Å². The molecule has 0 aromatic heterocycles. The molecule has 1 aliphatic carbocycles. The molecule has 0 fully saturated rings. The average Bonchev–Trinajstić information content (AvgIpc) is 1.88. The molecule has 0 heterocycles. The van der Waals surface area contributed by atoms with Crippen molar-refractivity contribution in [2.45, 2.75) is 6.42 Å². The summed E-state index contributed by atoms with van der Waals surface area (Å²) in [5.41, 5.74) is 6.04. The summed E-state index contributed by atoms with van der Waals surface area (Å²) in [5, 5.41) is -0.377. The van der Waals surface area contributed by atoms with E-state index in [1.807, 2.05) is 12.2 Å². The summed E-state index contributed by atoms with van der Waals surface area (Å²) in [4.78, 5) is 10.6. The summed E-state index contributed by atoms with van der Waals surface area (Å²) in [6.07, 6.45) is 6.03. The highest BCUT2D eigenvalue weighted by Gasteiger charge is 2.18. The van der Waals surface area contributed by atoms with E-state index in [2.05, 4.69) is 0 Å². The Hall–Kier alpha value is -0.760. The first kappa shape index (κ1) is 7.35. The van der Waals surface area contributed by atoms with Crippen molar-refractivity contribution >= 4 is 16.8 Å². The molecule has 1 rings (SSSR count). The number of hydrogen-bond donors (Lipinski definition) is 1. The minimum Gasteiger partial charge on any atom is -0.401 e. The van der Waals surface area contributed by atoms with Gasteiger partial charge in [0.15, 0.2) is 0 Å². The van der Waals surface area contributed by atoms with Gasteiger partial charge in [-0.05, 0) is 24.1 Å². The van der Waals surface area contributed by atoms with Crippen LogP contribution in [0.4, 0.5) is 0 Å². The van der Waals surface area contributed by atoms with Crippen molar-refractivity contribution in [1.82, 2.24) is 0 Å². The molecule has 54 valence electrons. The van der Waals surface area contributed by atoms with Gasteiger partial charge in [-0.15, -0.1) is 0 Å². The molecular formula is C7H8ClNO. The topological polar surface area (TPSA) is 43.1 Å². The fourth-order valence-electron chi connectivity index (χ4n) is 0.870. The van der Waals surface area contributed by atoms with E-state index in [4.69, 9.17) is 17.3 Å². The number of nitrogens with two attached hydrogens (primary N) is 1.